The summed E-state index contributed by atoms with van der Waals surface area (Å²) in [5.41, 5.74) is 0.596. The van der Waals surface area contributed by atoms with Crippen molar-refractivity contribution in [2.75, 3.05) is 32.1 Å². The smallest absolute Gasteiger partial charge is 0.242 e. The molecule has 0 aliphatic rings. The van der Waals surface area contributed by atoms with Crippen LogP contribution in [0, 0.1) is 0 Å². The number of anilines is 1. The van der Waals surface area contributed by atoms with E-state index in [1.807, 2.05) is 0 Å². The molecular weight excluding hydrogens is 276 g/mol. The number of unbranched alkanes of at least 4 members (excludes halogenated alkanes) is 1. The van der Waals surface area contributed by atoms with Gasteiger partial charge in [0.15, 0.2) is 0 Å². The first-order valence-electron chi connectivity index (χ1n) is 6.96. The third kappa shape index (κ3) is 5.48. The molecule has 5 nitrogen and oxygen atoms in total. The van der Waals surface area contributed by atoms with Crippen LogP contribution < -0.4 is 10.0 Å². The van der Waals surface area contributed by atoms with Gasteiger partial charge in [0.05, 0.1) is 5.69 Å². The van der Waals surface area contributed by atoms with E-state index in [-0.39, 0.29) is 4.90 Å². The molecular formula is C14H24N2O3S. The molecule has 1 aromatic carbocycles. The van der Waals surface area contributed by atoms with Gasteiger partial charge in [-0.1, -0.05) is 25.5 Å². The fourth-order valence-corrected chi connectivity index (χ4v) is 3.00. The van der Waals surface area contributed by atoms with Crippen molar-refractivity contribution in [3.63, 3.8) is 0 Å². The van der Waals surface area contributed by atoms with Crippen molar-refractivity contribution in [2.45, 2.75) is 31.1 Å². The zero-order valence-corrected chi connectivity index (χ0v) is 13.0. The SMILES string of the molecule is CCCCOCCCNS(=O)(=O)c1ccccc1NC. The third-order valence-corrected chi connectivity index (χ3v) is 4.36. The molecule has 0 heterocycles. The topological polar surface area (TPSA) is 67.4 Å². The predicted molar refractivity (Wildman–Crippen MR) is 81.5 cm³/mol. The Morgan fingerprint density at radius 3 is 2.55 bits per heavy atom. The molecule has 114 valence electrons. The zero-order chi connectivity index (χ0) is 14.8. The van der Waals surface area contributed by atoms with Crippen molar-refractivity contribution in [1.82, 2.24) is 4.72 Å². The quantitative estimate of drug-likeness (QED) is 0.650. The van der Waals surface area contributed by atoms with Crippen LogP contribution >= 0.6 is 0 Å². The lowest BCUT2D eigenvalue weighted by Crippen LogP contribution is -2.26. The van der Waals surface area contributed by atoms with Gasteiger partial charge in [0, 0.05) is 26.8 Å². The van der Waals surface area contributed by atoms with Crippen molar-refractivity contribution in [2.24, 2.45) is 0 Å². The maximum absolute atomic E-state index is 12.2. The molecule has 0 spiro atoms. The van der Waals surface area contributed by atoms with Crippen LogP contribution in [0.4, 0.5) is 5.69 Å². The zero-order valence-electron chi connectivity index (χ0n) is 12.2. The highest BCUT2D eigenvalue weighted by atomic mass is 32.2. The van der Waals surface area contributed by atoms with E-state index in [0.29, 0.717) is 25.3 Å². The molecule has 0 saturated heterocycles. The van der Waals surface area contributed by atoms with Gasteiger partial charge >= 0.3 is 0 Å². The number of hydrogen-bond acceptors (Lipinski definition) is 4. The fourth-order valence-electron chi connectivity index (χ4n) is 1.71. The number of para-hydroxylation sites is 1. The molecule has 0 aliphatic carbocycles. The van der Waals surface area contributed by atoms with Gasteiger partial charge in [-0.05, 0) is 25.0 Å². The summed E-state index contributed by atoms with van der Waals surface area (Å²) in [6.07, 6.45) is 2.82. The average molecular weight is 300 g/mol. The summed E-state index contributed by atoms with van der Waals surface area (Å²) in [5, 5.41) is 2.88. The Balaban J connectivity index is 2.42. The van der Waals surface area contributed by atoms with Crippen LogP contribution in [0.3, 0.4) is 0 Å². The second-order valence-electron chi connectivity index (χ2n) is 4.46. The predicted octanol–water partition coefficient (Wildman–Crippen LogP) is 2.21. The molecule has 20 heavy (non-hydrogen) atoms. The minimum absolute atomic E-state index is 0.273. The van der Waals surface area contributed by atoms with Gasteiger partial charge in [-0.3, -0.25) is 0 Å². The van der Waals surface area contributed by atoms with E-state index in [2.05, 4.69) is 17.0 Å². The van der Waals surface area contributed by atoms with Crippen LogP contribution in [-0.2, 0) is 14.8 Å². The maximum Gasteiger partial charge on any atom is 0.242 e. The normalized spacial score (nSPS) is 11.5. The van der Waals surface area contributed by atoms with Crippen molar-refractivity contribution >= 4 is 15.7 Å². The number of nitrogens with one attached hydrogen (secondary N) is 2. The highest BCUT2D eigenvalue weighted by Crippen LogP contribution is 2.19. The molecule has 1 aromatic rings. The Kier molecular flexibility index (Phi) is 7.58. The second-order valence-corrected chi connectivity index (χ2v) is 6.20. The van der Waals surface area contributed by atoms with Crippen LogP contribution in [0.5, 0.6) is 0 Å². The molecule has 0 amide bonds. The highest BCUT2D eigenvalue weighted by molar-refractivity contribution is 7.89. The fraction of sp³-hybridized carbons (Fsp3) is 0.571. The van der Waals surface area contributed by atoms with Crippen molar-refractivity contribution in [1.29, 1.82) is 0 Å². The standard InChI is InChI=1S/C14H24N2O3S/c1-3-4-11-19-12-7-10-16-20(17,18)14-9-6-5-8-13(14)15-2/h5-6,8-9,15-16H,3-4,7,10-12H2,1-2H3. The van der Waals surface area contributed by atoms with Gasteiger partial charge in [0.25, 0.3) is 0 Å². The summed E-state index contributed by atoms with van der Waals surface area (Å²) in [4.78, 5) is 0.273. The van der Waals surface area contributed by atoms with Crippen molar-refractivity contribution < 1.29 is 13.2 Å². The van der Waals surface area contributed by atoms with Crippen molar-refractivity contribution in [3.8, 4) is 0 Å². The summed E-state index contributed by atoms with van der Waals surface area (Å²) in [6.45, 7) is 3.81. The summed E-state index contributed by atoms with van der Waals surface area (Å²) in [6, 6.07) is 6.84. The summed E-state index contributed by atoms with van der Waals surface area (Å²) >= 11 is 0. The van der Waals surface area contributed by atoms with Crippen LogP contribution in [0.25, 0.3) is 0 Å². The molecule has 0 radical (unpaired) electrons. The first-order valence-corrected chi connectivity index (χ1v) is 8.44. The molecule has 0 fully saturated rings. The largest absolute Gasteiger partial charge is 0.387 e. The number of rotatable bonds is 10. The van der Waals surface area contributed by atoms with Gasteiger partial charge in [-0.25, -0.2) is 13.1 Å². The number of benzene rings is 1. The Morgan fingerprint density at radius 1 is 1.15 bits per heavy atom. The minimum Gasteiger partial charge on any atom is -0.387 e. The molecule has 0 aromatic heterocycles. The Hall–Kier alpha value is -1.11. The van der Waals surface area contributed by atoms with Crippen LogP contribution in [0.1, 0.15) is 26.2 Å². The summed E-state index contributed by atoms with van der Waals surface area (Å²) < 4.78 is 32.3. The Morgan fingerprint density at radius 2 is 1.85 bits per heavy atom. The third-order valence-electron chi connectivity index (χ3n) is 2.85. The van der Waals surface area contributed by atoms with Gasteiger partial charge < -0.3 is 10.1 Å². The van der Waals surface area contributed by atoms with E-state index in [0.717, 1.165) is 19.4 Å². The van der Waals surface area contributed by atoms with Gasteiger partial charge in [-0.15, -0.1) is 0 Å². The van der Waals surface area contributed by atoms with E-state index < -0.39 is 10.0 Å². The van der Waals surface area contributed by atoms with E-state index in [1.165, 1.54) is 0 Å². The van der Waals surface area contributed by atoms with E-state index in [1.54, 1.807) is 31.3 Å². The van der Waals surface area contributed by atoms with E-state index >= 15 is 0 Å². The van der Waals surface area contributed by atoms with Gasteiger partial charge in [0.1, 0.15) is 4.90 Å². The molecule has 2 N–H and O–H groups in total. The molecule has 1 rings (SSSR count). The monoisotopic (exact) mass is 300 g/mol. The molecule has 0 atom stereocenters. The lowest BCUT2D eigenvalue weighted by Gasteiger charge is -2.11. The highest BCUT2D eigenvalue weighted by Gasteiger charge is 2.16. The Labute approximate surface area is 121 Å². The maximum atomic E-state index is 12.2. The average Bonchev–Trinajstić information content (AvgIpc) is 2.46. The van der Waals surface area contributed by atoms with Crippen molar-refractivity contribution in [3.05, 3.63) is 24.3 Å². The van der Waals surface area contributed by atoms with Gasteiger partial charge in [0.2, 0.25) is 10.0 Å². The minimum atomic E-state index is -3.47. The molecule has 0 saturated carbocycles. The van der Waals surface area contributed by atoms with Crippen LogP contribution in [0.15, 0.2) is 29.2 Å². The lowest BCUT2D eigenvalue weighted by molar-refractivity contribution is 0.130. The molecule has 0 unspecified atom stereocenters. The summed E-state index contributed by atoms with van der Waals surface area (Å²) in [7, 11) is -1.76. The first kappa shape index (κ1) is 16.9. The lowest BCUT2D eigenvalue weighted by atomic mass is 10.3. The number of ether oxygens (including phenoxy) is 1. The van der Waals surface area contributed by atoms with Gasteiger partial charge in [-0.2, -0.15) is 0 Å². The van der Waals surface area contributed by atoms with Crippen LogP contribution in [-0.4, -0.2) is 35.2 Å². The number of sulfonamides is 1. The van der Waals surface area contributed by atoms with E-state index in [9.17, 15) is 8.42 Å². The molecule has 6 heteroatoms. The first-order chi connectivity index (χ1) is 9.61. The number of hydrogen-bond donors (Lipinski definition) is 2. The Bertz CT molecular complexity index is 489. The van der Waals surface area contributed by atoms with Crippen LogP contribution in [0.2, 0.25) is 0 Å². The molecule has 0 aliphatic heterocycles. The van der Waals surface area contributed by atoms with E-state index in [4.69, 9.17) is 4.74 Å². The second kappa shape index (κ2) is 8.94. The summed E-state index contributed by atoms with van der Waals surface area (Å²) in [5.74, 6) is 0. The molecule has 0 bridgehead atoms.